The summed E-state index contributed by atoms with van der Waals surface area (Å²) in [4.78, 5) is 15.7. The van der Waals surface area contributed by atoms with Gasteiger partial charge in [-0.3, -0.25) is 9.36 Å². The van der Waals surface area contributed by atoms with Crippen molar-refractivity contribution in [2.45, 2.75) is 6.42 Å². The molecular formula is C13H9F3N2O. The second-order valence-corrected chi connectivity index (χ2v) is 3.69. The van der Waals surface area contributed by atoms with Crippen molar-refractivity contribution < 1.29 is 13.2 Å². The summed E-state index contributed by atoms with van der Waals surface area (Å²) in [5.74, 6) is -0.544. The molecule has 0 aliphatic heterocycles. The maximum Gasteiger partial charge on any atom is 0.266 e. The molecular weight excluding hydrogens is 257 g/mol. The number of rotatable bonds is 3. The molecule has 0 fully saturated rings. The highest BCUT2D eigenvalue weighted by molar-refractivity contribution is 5.28. The van der Waals surface area contributed by atoms with Gasteiger partial charge in [-0.25, -0.2) is 9.37 Å². The molecule has 98 valence electrons. The Kier molecular flexibility index (Phi) is 3.79. The lowest BCUT2D eigenvalue weighted by Crippen LogP contribution is -2.23. The minimum Gasteiger partial charge on any atom is -0.269 e. The smallest absolute Gasteiger partial charge is 0.266 e. The van der Waals surface area contributed by atoms with Crippen LogP contribution in [-0.4, -0.2) is 9.55 Å². The van der Waals surface area contributed by atoms with Crippen molar-refractivity contribution in [1.82, 2.24) is 9.55 Å². The topological polar surface area (TPSA) is 34.9 Å². The summed E-state index contributed by atoms with van der Waals surface area (Å²) in [6.45, 7) is 0. The molecule has 2 heterocycles. The van der Waals surface area contributed by atoms with E-state index in [1.807, 2.05) is 0 Å². The van der Waals surface area contributed by atoms with Gasteiger partial charge in [-0.15, -0.1) is 0 Å². The van der Waals surface area contributed by atoms with E-state index < -0.39 is 17.5 Å². The van der Waals surface area contributed by atoms with Crippen LogP contribution in [0.4, 0.5) is 13.2 Å². The van der Waals surface area contributed by atoms with Gasteiger partial charge < -0.3 is 0 Å². The van der Waals surface area contributed by atoms with Crippen LogP contribution in [0.5, 0.6) is 0 Å². The van der Waals surface area contributed by atoms with Crippen molar-refractivity contribution in [3.05, 3.63) is 70.6 Å². The Balaban J connectivity index is 2.62. The first-order valence-electron chi connectivity index (χ1n) is 5.42. The van der Waals surface area contributed by atoms with Gasteiger partial charge in [0.25, 0.3) is 11.6 Å². The zero-order chi connectivity index (χ0) is 13.8. The Morgan fingerprint density at radius 3 is 2.68 bits per heavy atom. The lowest BCUT2D eigenvalue weighted by Gasteiger charge is -2.10. The van der Waals surface area contributed by atoms with E-state index in [-0.39, 0.29) is 17.9 Å². The Hall–Kier alpha value is -2.37. The van der Waals surface area contributed by atoms with Gasteiger partial charge >= 0.3 is 0 Å². The van der Waals surface area contributed by atoms with Crippen molar-refractivity contribution in [2.75, 3.05) is 0 Å². The average molecular weight is 266 g/mol. The van der Waals surface area contributed by atoms with E-state index in [0.29, 0.717) is 6.08 Å². The highest BCUT2D eigenvalue weighted by Crippen LogP contribution is 2.12. The summed E-state index contributed by atoms with van der Waals surface area (Å²) < 4.78 is 38.9. The zero-order valence-corrected chi connectivity index (χ0v) is 9.69. The van der Waals surface area contributed by atoms with Gasteiger partial charge in [-0.1, -0.05) is 6.07 Å². The highest BCUT2D eigenvalue weighted by atomic mass is 19.3. The average Bonchev–Trinajstić information content (AvgIpc) is 2.40. The first-order valence-corrected chi connectivity index (χ1v) is 5.42. The lowest BCUT2D eigenvalue weighted by atomic mass is 10.2. The Labute approximate surface area is 106 Å². The Morgan fingerprint density at radius 2 is 2.05 bits per heavy atom. The number of nitrogens with zero attached hydrogens (tertiary/aromatic N) is 2. The molecule has 0 saturated heterocycles. The van der Waals surface area contributed by atoms with Gasteiger partial charge in [0.2, 0.25) is 0 Å². The van der Waals surface area contributed by atoms with E-state index in [1.165, 1.54) is 12.3 Å². The fourth-order valence-corrected chi connectivity index (χ4v) is 1.65. The molecule has 0 atom stereocenters. The van der Waals surface area contributed by atoms with Crippen molar-refractivity contribution in [3.8, 4) is 5.82 Å². The molecule has 0 radical (unpaired) electrons. The van der Waals surface area contributed by atoms with Gasteiger partial charge in [0.1, 0.15) is 11.6 Å². The van der Waals surface area contributed by atoms with Crippen molar-refractivity contribution in [3.63, 3.8) is 0 Å². The maximum atomic E-state index is 13.7. The third kappa shape index (κ3) is 2.90. The van der Waals surface area contributed by atoms with Crippen LogP contribution in [0.2, 0.25) is 0 Å². The zero-order valence-electron chi connectivity index (χ0n) is 9.69. The molecule has 0 bridgehead atoms. The van der Waals surface area contributed by atoms with E-state index in [1.54, 1.807) is 12.1 Å². The van der Waals surface area contributed by atoms with Crippen LogP contribution in [-0.2, 0) is 6.42 Å². The quantitative estimate of drug-likeness (QED) is 0.856. The van der Waals surface area contributed by atoms with Gasteiger partial charge in [-0.05, 0) is 24.3 Å². The minimum atomic E-state index is -1.93. The van der Waals surface area contributed by atoms with E-state index >= 15 is 0 Å². The molecule has 6 heteroatoms. The number of allylic oxidation sites excluding steroid dienone is 1. The molecule has 19 heavy (non-hydrogen) atoms. The van der Waals surface area contributed by atoms with Crippen LogP contribution in [0.3, 0.4) is 0 Å². The van der Waals surface area contributed by atoms with Crippen molar-refractivity contribution in [2.24, 2.45) is 0 Å². The number of hydrogen-bond acceptors (Lipinski definition) is 2. The van der Waals surface area contributed by atoms with Crippen LogP contribution < -0.4 is 5.56 Å². The molecule has 2 aromatic heterocycles. The van der Waals surface area contributed by atoms with Crippen molar-refractivity contribution >= 4 is 0 Å². The SMILES string of the molecule is O=c1ccc(F)c(CC=C(F)F)n1-c1ccccn1. The molecule has 0 aliphatic rings. The number of pyridine rings is 2. The third-order valence-electron chi connectivity index (χ3n) is 2.47. The Bertz CT molecular complexity index is 661. The molecule has 0 N–H and O–H groups in total. The standard InChI is InChI=1S/C13H9F3N2O/c14-9-4-7-13(19)18(10(9)5-6-11(15)16)12-3-1-2-8-17-12/h1-4,6-8H,5H2. The van der Waals surface area contributed by atoms with E-state index in [2.05, 4.69) is 4.98 Å². The van der Waals surface area contributed by atoms with E-state index in [9.17, 15) is 18.0 Å². The lowest BCUT2D eigenvalue weighted by molar-refractivity contribution is 0.418. The van der Waals surface area contributed by atoms with Crippen LogP contribution in [0.1, 0.15) is 5.69 Å². The molecule has 3 nitrogen and oxygen atoms in total. The van der Waals surface area contributed by atoms with E-state index in [4.69, 9.17) is 0 Å². The number of halogens is 3. The molecule has 0 saturated carbocycles. The summed E-state index contributed by atoms with van der Waals surface area (Å²) in [7, 11) is 0. The molecule has 0 unspecified atom stereocenters. The van der Waals surface area contributed by atoms with Gasteiger partial charge in [0, 0.05) is 18.7 Å². The predicted octanol–water partition coefficient (Wildman–Crippen LogP) is 2.69. The number of hydrogen-bond donors (Lipinski definition) is 0. The molecule has 2 aromatic rings. The second kappa shape index (κ2) is 5.51. The first kappa shape index (κ1) is 13.1. The highest BCUT2D eigenvalue weighted by Gasteiger charge is 2.12. The van der Waals surface area contributed by atoms with Crippen LogP contribution in [0, 0.1) is 5.82 Å². The van der Waals surface area contributed by atoms with E-state index in [0.717, 1.165) is 16.7 Å². The molecule has 0 amide bonds. The van der Waals surface area contributed by atoms with Gasteiger partial charge in [0.05, 0.1) is 5.69 Å². The normalized spacial score (nSPS) is 10.3. The number of aromatic nitrogens is 2. The van der Waals surface area contributed by atoms with Gasteiger partial charge in [-0.2, -0.15) is 8.78 Å². The van der Waals surface area contributed by atoms with Crippen LogP contribution in [0.15, 0.2) is 53.5 Å². The maximum absolute atomic E-state index is 13.7. The minimum absolute atomic E-state index is 0.154. The van der Waals surface area contributed by atoms with Crippen molar-refractivity contribution in [1.29, 1.82) is 0 Å². The predicted molar refractivity (Wildman–Crippen MR) is 63.8 cm³/mol. The monoisotopic (exact) mass is 266 g/mol. The van der Waals surface area contributed by atoms with Gasteiger partial charge in [0.15, 0.2) is 0 Å². The Morgan fingerprint density at radius 1 is 1.26 bits per heavy atom. The molecule has 0 spiro atoms. The second-order valence-electron chi connectivity index (χ2n) is 3.69. The summed E-state index contributed by atoms with van der Waals surface area (Å²) >= 11 is 0. The largest absolute Gasteiger partial charge is 0.269 e. The summed E-state index contributed by atoms with van der Waals surface area (Å²) in [5.41, 5.74) is -0.679. The van der Waals surface area contributed by atoms with Crippen LogP contribution in [0.25, 0.3) is 5.82 Å². The summed E-state index contributed by atoms with van der Waals surface area (Å²) in [6, 6.07) is 6.74. The summed E-state index contributed by atoms with van der Waals surface area (Å²) in [5, 5.41) is 0. The van der Waals surface area contributed by atoms with Crippen LogP contribution >= 0.6 is 0 Å². The fraction of sp³-hybridized carbons (Fsp3) is 0.0769. The fourth-order valence-electron chi connectivity index (χ4n) is 1.65. The third-order valence-corrected chi connectivity index (χ3v) is 2.47. The molecule has 0 aliphatic carbocycles. The molecule has 0 aromatic carbocycles. The molecule has 2 rings (SSSR count). The first-order chi connectivity index (χ1) is 9.09. The summed E-state index contributed by atoms with van der Waals surface area (Å²) in [6.07, 6.45) is -0.330.